The molecule has 2 aromatic heterocycles. The van der Waals surface area contributed by atoms with Crippen LogP contribution in [-0.2, 0) is 6.54 Å². The van der Waals surface area contributed by atoms with Crippen molar-refractivity contribution in [1.82, 2.24) is 25.2 Å². The first kappa shape index (κ1) is 16.6. The van der Waals surface area contributed by atoms with Crippen molar-refractivity contribution in [2.75, 3.05) is 6.54 Å². The van der Waals surface area contributed by atoms with E-state index in [-0.39, 0.29) is 11.5 Å². The number of hydrogen-bond donors (Lipinski definition) is 1. The third-order valence-electron chi connectivity index (χ3n) is 3.54. The molecule has 8 heteroatoms. The fraction of sp³-hybridized carbons (Fsp3) is 0.235. The van der Waals surface area contributed by atoms with E-state index in [2.05, 4.69) is 20.6 Å². The number of amides is 1. The van der Waals surface area contributed by atoms with Gasteiger partial charge in [-0.05, 0) is 25.1 Å². The van der Waals surface area contributed by atoms with Crippen LogP contribution in [0.1, 0.15) is 21.9 Å². The quantitative estimate of drug-likeness (QED) is 0.752. The minimum absolute atomic E-state index is 0.195. The molecule has 0 spiro atoms. The van der Waals surface area contributed by atoms with Crippen LogP contribution in [-0.4, -0.2) is 32.4 Å². The van der Waals surface area contributed by atoms with E-state index in [1.54, 1.807) is 44.2 Å². The molecule has 0 aliphatic heterocycles. The number of hydrogen-bond acceptors (Lipinski definition) is 6. The van der Waals surface area contributed by atoms with Crippen molar-refractivity contribution in [1.29, 1.82) is 0 Å². The average Bonchev–Trinajstić information content (AvgIpc) is 3.04. The third-order valence-corrected chi connectivity index (χ3v) is 3.54. The van der Waals surface area contributed by atoms with Gasteiger partial charge in [-0.1, -0.05) is 17.3 Å². The van der Waals surface area contributed by atoms with Crippen LogP contribution in [0.2, 0.25) is 0 Å². The lowest BCUT2D eigenvalue weighted by atomic mass is 10.1. The summed E-state index contributed by atoms with van der Waals surface area (Å²) in [6.07, 6.45) is 0. The lowest BCUT2D eigenvalue weighted by molar-refractivity contribution is 0.0951. The second kappa shape index (κ2) is 7.08. The van der Waals surface area contributed by atoms with Gasteiger partial charge in [0.2, 0.25) is 11.7 Å². The molecular weight excluding hydrogens is 322 g/mol. The van der Waals surface area contributed by atoms with Gasteiger partial charge in [0.05, 0.1) is 12.2 Å². The SMILES string of the molecule is Cc1ccc(=O)n(CCNC(=O)c2ccc(-c3noc(C)n3)cc2)n1. The Balaban J connectivity index is 1.60. The van der Waals surface area contributed by atoms with Crippen molar-refractivity contribution in [3.8, 4) is 11.4 Å². The Hall–Kier alpha value is -3.29. The molecule has 0 aliphatic rings. The summed E-state index contributed by atoms with van der Waals surface area (Å²) >= 11 is 0. The first-order chi connectivity index (χ1) is 12.0. The number of carbonyl (C=O) groups is 1. The largest absolute Gasteiger partial charge is 0.350 e. The van der Waals surface area contributed by atoms with Crippen LogP contribution in [0.4, 0.5) is 0 Å². The zero-order chi connectivity index (χ0) is 17.8. The summed E-state index contributed by atoms with van der Waals surface area (Å²) in [5, 5.41) is 10.7. The van der Waals surface area contributed by atoms with Crippen molar-refractivity contribution in [2.24, 2.45) is 0 Å². The van der Waals surface area contributed by atoms with Gasteiger partial charge in [-0.3, -0.25) is 9.59 Å². The molecule has 0 saturated carbocycles. The van der Waals surface area contributed by atoms with E-state index in [0.29, 0.717) is 30.4 Å². The molecule has 1 N–H and O–H groups in total. The van der Waals surface area contributed by atoms with Crippen LogP contribution in [0.15, 0.2) is 45.7 Å². The molecule has 0 bridgehead atoms. The molecule has 3 rings (SSSR count). The number of nitrogens with zero attached hydrogens (tertiary/aromatic N) is 4. The topological polar surface area (TPSA) is 103 Å². The van der Waals surface area contributed by atoms with Crippen molar-refractivity contribution < 1.29 is 9.32 Å². The molecule has 128 valence electrons. The number of aromatic nitrogens is 4. The first-order valence-corrected chi connectivity index (χ1v) is 7.76. The van der Waals surface area contributed by atoms with Gasteiger partial charge in [-0.2, -0.15) is 10.1 Å². The van der Waals surface area contributed by atoms with Crippen molar-refractivity contribution >= 4 is 5.91 Å². The standard InChI is InChI=1S/C17H17N5O3/c1-11-3-8-15(23)22(20-11)10-9-18-17(24)14-6-4-13(5-7-14)16-19-12(2)25-21-16/h3-8H,9-10H2,1-2H3,(H,18,24). The minimum Gasteiger partial charge on any atom is -0.350 e. The fourth-order valence-corrected chi connectivity index (χ4v) is 2.28. The molecular formula is C17H17N5O3. The summed E-state index contributed by atoms with van der Waals surface area (Å²) in [5.74, 6) is 0.739. The summed E-state index contributed by atoms with van der Waals surface area (Å²) in [4.78, 5) is 28.0. The van der Waals surface area contributed by atoms with Crippen LogP contribution in [0.5, 0.6) is 0 Å². The van der Waals surface area contributed by atoms with E-state index < -0.39 is 0 Å². The maximum Gasteiger partial charge on any atom is 0.266 e. The normalized spacial score (nSPS) is 10.6. The van der Waals surface area contributed by atoms with Crippen molar-refractivity contribution in [3.63, 3.8) is 0 Å². The second-order valence-electron chi connectivity index (χ2n) is 5.51. The Bertz CT molecular complexity index is 943. The van der Waals surface area contributed by atoms with Gasteiger partial charge in [0.15, 0.2) is 0 Å². The minimum atomic E-state index is -0.225. The molecule has 0 fully saturated rings. The van der Waals surface area contributed by atoms with E-state index >= 15 is 0 Å². The summed E-state index contributed by atoms with van der Waals surface area (Å²) < 4.78 is 6.27. The Morgan fingerprint density at radius 3 is 2.60 bits per heavy atom. The number of benzene rings is 1. The smallest absolute Gasteiger partial charge is 0.266 e. The fourth-order valence-electron chi connectivity index (χ4n) is 2.28. The number of aryl methyl sites for hydroxylation is 2. The zero-order valence-corrected chi connectivity index (χ0v) is 13.9. The summed E-state index contributed by atoms with van der Waals surface area (Å²) in [7, 11) is 0. The van der Waals surface area contributed by atoms with Crippen LogP contribution in [0.25, 0.3) is 11.4 Å². The van der Waals surface area contributed by atoms with Gasteiger partial charge >= 0.3 is 0 Å². The highest BCUT2D eigenvalue weighted by atomic mass is 16.5. The molecule has 1 amide bonds. The molecule has 8 nitrogen and oxygen atoms in total. The predicted octanol–water partition coefficient (Wildman–Crippen LogP) is 1.34. The molecule has 1 aromatic carbocycles. The molecule has 0 unspecified atom stereocenters. The van der Waals surface area contributed by atoms with Crippen LogP contribution < -0.4 is 10.9 Å². The van der Waals surface area contributed by atoms with Crippen molar-refractivity contribution in [3.05, 3.63) is 63.9 Å². The predicted molar refractivity (Wildman–Crippen MR) is 90.0 cm³/mol. The summed E-state index contributed by atoms with van der Waals surface area (Å²) in [6, 6.07) is 10.0. The Morgan fingerprint density at radius 2 is 1.92 bits per heavy atom. The summed E-state index contributed by atoms with van der Waals surface area (Å²) in [6.45, 7) is 4.14. The third kappa shape index (κ3) is 3.97. The van der Waals surface area contributed by atoms with E-state index in [9.17, 15) is 9.59 Å². The highest BCUT2D eigenvalue weighted by molar-refractivity contribution is 5.94. The molecule has 3 aromatic rings. The van der Waals surface area contributed by atoms with Gasteiger partial charge in [-0.25, -0.2) is 4.68 Å². The molecule has 0 saturated heterocycles. The molecule has 2 heterocycles. The van der Waals surface area contributed by atoms with E-state index in [1.165, 1.54) is 10.7 Å². The number of nitrogens with one attached hydrogen (secondary N) is 1. The van der Waals surface area contributed by atoms with Gasteiger partial charge in [0, 0.05) is 30.7 Å². The van der Waals surface area contributed by atoms with Crippen LogP contribution >= 0.6 is 0 Å². The van der Waals surface area contributed by atoms with E-state index in [0.717, 1.165) is 11.3 Å². The molecule has 0 aliphatic carbocycles. The average molecular weight is 339 g/mol. The molecule has 0 radical (unpaired) electrons. The monoisotopic (exact) mass is 339 g/mol. The molecule has 25 heavy (non-hydrogen) atoms. The highest BCUT2D eigenvalue weighted by Gasteiger charge is 2.09. The number of rotatable bonds is 5. The van der Waals surface area contributed by atoms with E-state index in [1.807, 2.05) is 0 Å². The maximum absolute atomic E-state index is 12.2. The van der Waals surface area contributed by atoms with Gasteiger partial charge < -0.3 is 9.84 Å². The van der Waals surface area contributed by atoms with Crippen LogP contribution in [0.3, 0.4) is 0 Å². The Labute approximate surface area is 143 Å². The lowest BCUT2D eigenvalue weighted by Gasteiger charge is -2.07. The van der Waals surface area contributed by atoms with Crippen LogP contribution in [0, 0.1) is 13.8 Å². The first-order valence-electron chi connectivity index (χ1n) is 7.76. The highest BCUT2D eigenvalue weighted by Crippen LogP contribution is 2.16. The lowest BCUT2D eigenvalue weighted by Crippen LogP contribution is -2.32. The Morgan fingerprint density at radius 1 is 1.16 bits per heavy atom. The van der Waals surface area contributed by atoms with Gasteiger partial charge in [-0.15, -0.1) is 0 Å². The second-order valence-corrected chi connectivity index (χ2v) is 5.51. The summed E-state index contributed by atoms with van der Waals surface area (Å²) in [5.41, 5.74) is 1.83. The molecule has 0 atom stereocenters. The van der Waals surface area contributed by atoms with E-state index in [4.69, 9.17) is 4.52 Å². The van der Waals surface area contributed by atoms with Gasteiger partial charge in [0.1, 0.15) is 0 Å². The zero-order valence-electron chi connectivity index (χ0n) is 13.9. The van der Waals surface area contributed by atoms with Gasteiger partial charge in [0.25, 0.3) is 11.5 Å². The maximum atomic E-state index is 12.2. The Kier molecular flexibility index (Phi) is 4.69. The van der Waals surface area contributed by atoms with Crippen molar-refractivity contribution in [2.45, 2.75) is 20.4 Å². The number of carbonyl (C=O) groups excluding carboxylic acids is 1.